The van der Waals surface area contributed by atoms with Crippen molar-refractivity contribution in [1.82, 2.24) is 0 Å². The van der Waals surface area contributed by atoms with Crippen molar-refractivity contribution in [2.45, 2.75) is 24.6 Å². The van der Waals surface area contributed by atoms with E-state index in [0.29, 0.717) is 6.42 Å². The lowest BCUT2D eigenvalue weighted by atomic mass is 10.1. The third kappa shape index (κ3) is 1.92. The molecule has 2 nitrogen and oxygen atoms in total. The summed E-state index contributed by atoms with van der Waals surface area (Å²) >= 11 is 11.6. The zero-order valence-electron chi connectivity index (χ0n) is 7.49. The smallest absolute Gasteiger partial charge is 0.315 e. The standard InChI is InChI=1S/C9H10Cl2O2/c1-3-4-5-13-7(12)8(2)6-9(8,10)11/h5-6H2,1-2H3. The van der Waals surface area contributed by atoms with E-state index in [-0.39, 0.29) is 12.6 Å². The molecule has 0 amide bonds. The number of halogens is 2. The molecule has 0 heterocycles. The van der Waals surface area contributed by atoms with E-state index in [0.717, 1.165) is 0 Å². The topological polar surface area (TPSA) is 26.3 Å². The van der Waals surface area contributed by atoms with Crippen LogP contribution in [-0.2, 0) is 9.53 Å². The van der Waals surface area contributed by atoms with Crippen LogP contribution < -0.4 is 0 Å². The van der Waals surface area contributed by atoms with Crippen LogP contribution in [0.15, 0.2) is 0 Å². The van der Waals surface area contributed by atoms with Gasteiger partial charge in [-0.15, -0.1) is 29.1 Å². The summed E-state index contributed by atoms with van der Waals surface area (Å²) in [7, 11) is 0. The third-order valence-electron chi connectivity index (χ3n) is 2.16. The molecule has 4 heteroatoms. The van der Waals surface area contributed by atoms with Crippen molar-refractivity contribution in [1.29, 1.82) is 0 Å². The molecule has 72 valence electrons. The molecule has 0 aromatic rings. The van der Waals surface area contributed by atoms with Crippen molar-refractivity contribution in [2.24, 2.45) is 5.41 Å². The molecule has 0 N–H and O–H groups in total. The maximum Gasteiger partial charge on any atom is 0.315 e. The van der Waals surface area contributed by atoms with Crippen LogP contribution >= 0.6 is 23.2 Å². The SMILES string of the molecule is CC#CCOC(=O)C1(C)CC1(Cl)Cl. The van der Waals surface area contributed by atoms with E-state index in [1.165, 1.54) is 0 Å². The van der Waals surface area contributed by atoms with Crippen LogP contribution in [-0.4, -0.2) is 16.9 Å². The van der Waals surface area contributed by atoms with Crippen molar-refractivity contribution in [3.8, 4) is 11.8 Å². The molecule has 0 bridgehead atoms. The van der Waals surface area contributed by atoms with Crippen molar-refractivity contribution in [2.75, 3.05) is 6.61 Å². The normalized spacial score (nSPS) is 28.6. The summed E-state index contributed by atoms with van der Waals surface area (Å²) < 4.78 is 3.91. The zero-order valence-corrected chi connectivity index (χ0v) is 9.00. The predicted molar refractivity (Wildman–Crippen MR) is 51.6 cm³/mol. The maximum absolute atomic E-state index is 11.4. The fraction of sp³-hybridized carbons (Fsp3) is 0.667. The Labute approximate surface area is 87.5 Å². The van der Waals surface area contributed by atoms with Crippen LogP contribution in [0.1, 0.15) is 20.3 Å². The van der Waals surface area contributed by atoms with Crippen LogP contribution in [0, 0.1) is 17.3 Å². The Bertz CT molecular complexity index is 288. The fourth-order valence-corrected chi connectivity index (χ4v) is 1.64. The highest BCUT2D eigenvalue weighted by atomic mass is 35.5. The van der Waals surface area contributed by atoms with Gasteiger partial charge in [0, 0.05) is 6.42 Å². The Kier molecular flexibility index (Phi) is 2.79. The molecule has 1 unspecified atom stereocenters. The molecular formula is C9H10Cl2O2. The summed E-state index contributed by atoms with van der Waals surface area (Å²) in [6, 6.07) is 0. The van der Waals surface area contributed by atoms with Crippen LogP contribution in [0.5, 0.6) is 0 Å². The molecule has 1 fully saturated rings. The highest BCUT2D eigenvalue weighted by molar-refractivity contribution is 6.53. The first-order chi connectivity index (χ1) is 5.94. The van der Waals surface area contributed by atoms with Gasteiger partial charge in [-0.05, 0) is 13.8 Å². The molecule has 1 rings (SSSR count). The van der Waals surface area contributed by atoms with Crippen LogP contribution in [0.2, 0.25) is 0 Å². The number of esters is 1. The second-order valence-electron chi connectivity index (χ2n) is 3.22. The van der Waals surface area contributed by atoms with Gasteiger partial charge in [0.2, 0.25) is 0 Å². The Balaban J connectivity index is 2.45. The van der Waals surface area contributed by atoms with E-state index in [1.54, 1.807) is 13.8 Å². The highest BCUT2D eigenvalue weighted by Crippen LogP contribution is 2.64. The van der Waals surface area contributed by atoms with E-state index in [4.69, 9.17) is 27.9 Å². The molecule has 1 atom stereocenters. The van der Waals surface area contributed by atoms with E-state index < -0.39 is 9.75 Å². The number of rotatable bonds is 2. The molecular weight excluding hydrogens is 211 g/mol. The van der Waals surface area contributed by atoms with Gasteiger partial charge in [-0.2, -0.15) is 0 Å². The number of ether oxygens (including phenoxy) is 1. The zero-order chi connectivity index (χ0) is 10.1. The van der Waals surface area contributed by atoms with E-state index in [2.05, 4.69) is 11.8 Å². The van der Waals surface area contributed by atoms with E-state index >= 15 is 0 Å². The number of carbonyl (C=O) groups excluding carboxylic acids is 1. The molecule has 0 radical (unpaired) electrons. The van der Waals surface area contributed by atoms with Gasteiger partial charge in [-0.25, -0.2) is 0 Å². The monoisotopic (exact) mass is 220 g/mol. The lowest BCUT2D eigenvalue weighted by molar-refractivity contribution is -0.148. The Morgan fingerprint density at radius 2 is 2.15 bits per heavy atom. The Morgan fingerprint density at radius 3 is 2.54 bits per heavy atom. The van der Waals surface area contributed by atoms with Gasteiger partial charge in [0.05, 0.1) is 0 Å². The highest BCUT2D eigenvalue weighted by Gasteiger charge is 2.69. The number of hydrogen-bond donors (Lipinski definition) is 0. The minimum absolute atomic E-state index is 0.106. The van der Waals surface area contributed by atoms with Crippen molar-refractivity contribution in [3.05, 3.63) is 0 Å². The van der Waals surface area contributed by atoms with Crippen LogP contribution in [0.4, 0.5) is 0 Å². The van der Waals surface area contributed by atoms with Gasteiger partial charge in [0.15, 0.2) is 6.61 Å². The van der Waals surface area contributed by atoms with Crippen molar-refractivity contribution >= 4 is 29.2 Å². The lowest BCUT2D eigenvalue weighted by Gasteiger charge is -2.09. The molecule has 0 aliphatic heterocycles. The molecule has 0 spiro atoms. The molecule has 1 saturated carbocycles. The van der Waals surface area contributed by atoms with E-state index in [9.17, 15) is 4.79 Å². The Hall–Kier alpha value is -0.390. The average molecular weight is 221 g/mol. The summed E-state index contributed by atoms with van der Waals surface area (Å²) in [5.74, 6) is 4.87. The summed E-state index contributed by atoms with van der Waals surface area (Å²) in [4.78, 5) is 11.4. The number of hydrogen-bond acceptors (Lipinski definition) is 2. The van der Waals surface area contributed by atoms with E-state index in [1.807, 2.05) is 0 Å². The largest absolute Gasteiger partial charge is 0.452 e. The minimum Gasteiger partial charge on any atom is -0.452 e. The van der Waals surface area contributed by atoms with Crippen LogP contribution in [0.3, 0.4) is 0 Å². The summed E-state index contributed by atoms with van der Waals surface area (Å²) in [6.07, 6.45) is 0.446. The fourth-order valence-electron chi connectivity index (χ4n) is 0.954. The van der Waals surface area contributed by atoms with Crippen molar-refractivity contribution < 1.29 is 9.53 Å². The molecule has 13 heavy (non-hydrogen) atoms. The predicted octanol–water partition coefficient (Wildman–Crippen LogP) is 2.14. The van der Waals surface area contributed by atoms with Gasteiger partial charge in [0.25, 0.3) is 0 Å². The third-order valence-corrected chi connectivity index (χ3v) is 3.26. The van der Waals surface area contributed by atoms with Crippen LogP contribution in [0.25, 0.3) is 0 Å². The summed E-state index contributed by atoms with van der Waals surface area (Å²) in [5.41, 5.74) is -0.745. The minimum atomic E-state index is -0.955. The van der Waals surface area contributed by atoms with Gasteiger partial charge in [0.1, 0.15) is 9.75 Å². The first-order valence-electron chi connectivity index (χ1n) is 3.89. The summed E-state index contributed by atoms with van der Waals surface area (Å²) in [6.45, 7) is 3.48. The number of carbonyl (C=O) groups is 1. The lowest BCUT2D eigenvalue weighted by Crippen LogP contribution is -2.21. The van der Waals surface area contributed by atoms with Gasteiger partial charge < -0.3 is 4.74 Å². The maximum atomic E-state index is 11.4. The first-order valence-corrected chi connectivity index (χ1v) is 4.64. The molecule has 1 aliphatic rings. The average Bonchev–Trinajstić information content (AvgIpc) is 2.53. The second kappa shape index (κ2) is 3.40. The van der Waals surface area contributed by atoms with Gasteiger partial charge in [-0.3, -0.25) is 4.79 Å². The molecule has 0 saturated heterocycles. The molecule has 1 aliphatic carbocycles. The second-order valence-corrected chi connectivity index (χ2v) is 4.70. The first kappa shape index (κ1) is 10.7. The van der Waals surface area contributed by atoms with Crippen molar-refractivity contribution in [3.63, 3.8) is 0 Å². The number of alkyl halides is 2. The Morgan fingerprint density at radius 1 is 1.62 bits per heavy atom. The molecule has 0 aromatic heterocycles. The molecule has 0 aromatic carbocycles. The quantitative estimate of drug-likeness (QED) is 0.405. The van der Waals surface area contributed by atoms with Gasteiger partial charge in [-0.1, -0.05) is 5.92 Å². The van der Waals surface area contributed by atoms with Gasteiger partial charge >= 0.3 is 5.97 Å². The summed E-state index contributed by atoms with van der Waals surface area (Å²) in [5, 5.41) is 0.